The zero-order valence-electron chi connectivity index (χ0n) is 21.9. The molecule has 2 aromatic carbocycles. The lowest BCUT2D eigenvalue weighted by molar-refractivity contribution is -0.112. The Hall–Kier alpha value is -4.15. The van der Waals surface area contributed by atoms with Crippen molar-refractivity contribution in [2.24, 2.45) is 5.73 Å². The number of benzene rings is 2. The summed E-state index contributed by atoms with van der Waals surface area (Å²) in [4.78, 5) is 29.3. The van der Waals surface area contributed by atoms with Crippen LogP contribution in [0.1, 0.15) is 24.0 Å². The second-order valence-electron chi connectivity index (χ2n) is 10.1. The standard InChI is InChI=1S/C29H32N6O4/c1-18(29(30)36)23-12-24(26(37-2)13-25(23)34-15-22-11-21(34)16-38-22)33-27-14-28(32-17-31-27)35-20(8-9-39-35)10-19-6-4-3-5-7-19/h3-7,12-14,17,20-22H,1,8-11,15-16H2,2H3,(H2,30,36)(H,31,32,33)/t20-,21-,22-/m1/s1. The number of rotatable bonds is 9. The number of ether oxygens (including phenoxy) is 2. The van der Waals surface area contributed by atoms with Crippen LogP contribution in [0.25, 0.3) is 5.57 Å². The largest absolute Gasteiger partial charge is 0.494 e. The fourth-order valence-corrected chi connectivity index (χ4v) is 5.65. The first-order chi connectivity index (χ1) is 19.0. The molecule has 202 valence electrons. The van der Waals surface area contributed by atoms with Crippen LogP contribution in [0.5, 0.6) is 5.75 Å². The maximum atomic E-state index is 12.2. The van der Waals surface area contributed by atoms with Crippen LogP contribution in [0.4, 0.5) is 23.0 Å². The number of primary amides is 1. The van der Waals surface area contributed by atoms with Crippen molar-refractivity contribution in [2.45, 2.75) is 37.5 Å². The third-order valence-corrected chi connectivity index (χ3v) is 7.62. The number of amides is 1. The molecule has 3 atom stereocenters. The molecule has 0 saturated carbocycles. The number of hydrogen-bond donors (Lipinski definition) is 2. The smallest absolute Gasteiger partial charge is 0.248 e. The van der Waals surface area contributed by atoms with Gasteiger partial charge >= 0.3 is 0 Å². The Morgan fingerprint density at radius 3 is 2.79 bits per heavy atom. The lowest BCUT2D eigenvalue weighted by atomic mass is 10.0. The average Bonchev–Trinajstić information content (AvgIpc) is 3.71. The molecular formula is C29H32N6O4. The van der Waals surface area contributed by atoms with Crippen molar-refractivity contribution in [3.05, 3.63) is 72.6 Å². The van der Waals surface area contributed by atoms with Gasteiger partial charge in [-0.2, -0.15) is 0 Å². The Balaban J connectivity index is 1.29. The van der Waals surface area contributed by atoms with E-state index in [4.69, 9.17) is 20.0 Å². The molecule has 3 aliphatic rings. The maximum Gasteiger partial charge on any atom is 0.248 e. The number of hydroxylamine groups is 1. The summed E-state index contributed by atoms with van der Waals surface area (Å²) in [6, 6.07) is 16.4. The first-order valence-electron chi connectivity index (χ1n) is 13.1. The molecule has 0 unspecified atom stereocenters. The minimum absolute atomic E-state index is 0.161. The number of nitrogens with two attached hydrogens (primary N) is 1. The van der Waals surface area contributed by atoms with Crippen LogP contribution in [0.2, 0.25) is 0 Å². The van der Waals surface area contributed by atoms with Crippen molar-refractivity contribution in [1.29, 1.82) is 0 Å². The van der Waals surface area contributed by atoms with E-state index < -0.39 is 5.91 Å². The van der Waals surface area contributed by atoms with Gasteiger partial charge in [0.2, 0.25) is 5.91 Å². The lowest BCUT2D eigenvalue weighted by Crippen LogP contribution is -2.37. The fourth-order valence-electron chi connectivity index (χ4n) is 5.65. The molecule has 0 radical (unpaired) electrons. The molecular weight excluding hydrogens is 496 g/mol. The Kier molecular flexibility index (Phi) is 6.80. The van der Waals surface area contributed by atoms with Crippen LogP contribution in [0, 0.1) is 0 Å². The SMILES string of the molecule is C=C(C(N)=O)c1cc(Nc2cc(N3OCC[C@@H]3Cc3ccccc3)ncn2)c(OC)cc1N1C[C@H]2C[C@@H]1CO2. The average molecular weight is 529 g/mol. The van der Waals surface area contributed by atoms with E-state index in [1.807, 2.05) is 41.5 Å². The summed E-state index contributed by atoms with van der Waals surface area (Å²) in [5.74, 6) is 1.25. The van der Waals surface area contributed by atoms with Gasteiger partial charge in [0.05, 0.1) is 44.2 Å². The monoisotopic (exact) mass is 528 g/mol. The molecule has 3 aromatic rings. The number of nitrogens with one attached hydrogen (secondary N) is 1. The zero-order valence-corrected chi connectivity index (χ0v) is 21.9. The molecule has 3 saturated heterocycles. The molecule has 0 spiro atoms. The predicted octanol–water partition coefficient (Wildman–Crippen LogP) is 3.46. The second kappa shape index (κ2) is 10.5. The third kappa shape index (κ3) is 5.00. The van der Waals surface area contributed by atoms with Crippen LogP contribution in [0.3, 0.4) is 0 Å². The van der Waals surface area contributed by atoms with Crippen molar-refractivity contribution in [3.63, 3.8) is 0 Å². The van der Waals surface area contributed by atoms with E-state index >= 15 is 0 Å². The molecule has 3 fully saturated rings. The van der Waals surface area contributed by atoms with Gasteiger partial charge < -0.3 is 25.4 Å². The molecule has 3 N–H and O–H groups in total. The first kappa shape index (κ1) is 25.1. The predicted molar refractivity (Wildman–Crippen MR) is 149 cm³/mol. The van der Waals surface area contributed by atoms with Gasteiger partial charge in [0.25, 0.3) is 0 Å². The molecule has 0 aliphatic carbocycles. The number of carbonyl (C=O) groups is 1. The van der Waals surface area contributed by atoms with Gasteiger partial charge in [-0.15, -0.1) is 0 Å². The highest BCUT2D eigenvalue weighted by atomic mass is 16.7. The highest BCUT2D eigenvalue weighted by Gasteiger charge is 2.40. The summed E-state index contributed by atoms with van der Waals surface area (Å²) in [7, 11) is 1.61. The Labute approximate surface area is 227 Å². The van der Waals surface area contributed by atoms with Gasteiger partial charge in [-0.1, -0.05) is 36.9 Å². The Morgan fingerprint density at radius 1 is 1.23 bits per heavy atom. The third-order valence-electron chi connectivity index (χ3n) is 7.62. The number of methoxy groups -OCH3 is 1. The topological polar surface area (TPSA) is 115 Å². The van der Waals surface area contributed by atoms with Crippen molar-refractivity contribution in [3.8, 4) is 5.75 Å². The molecule has 4 heterocycles. The highest BCUT2D eigenvalue weighted by Crippen LogP contribution is 2.42. The minimum atomic E-state index is -0.576. The molecule has 10 nitrogen and oxygen atoms in total. The second-order valence-corrected chi connectivity index (χ2v) is 10.1. The molecule has 10 heteroatoms. The molecule has 39 heavy (non-hydrogen) atoms. The van der Waals surface area contributed by atoms with E-state index in [1.54, 1.807) is 7.11 Å². The number of aromatic nitrogens is 2. The van der Waals surface area contributed by atoms with Crippen molar-refractivity contribution in [1.82, 2.24) is 9.97 Å². The van der Waals surface area contributed by atoms with E-state index in [0.29, 0.717) is 41.8 Å². The van der Waals surface area contributed by atoms with Gasteiger partial charge in [0.15, 0.2) is 5.82 Å². The summed E-state index contributed by atoms with van der Waals surface area (Å²) in [6.45, 7) is 6.01. The summed E-state index contributed by atoms with van der Waals surface area (Å²) < 4.78 is 11.5. The van der Waals surface area contributed by atoms with E-state index in [9.17, 15) is 4.79 Å². The fraction of sp³-hybridized carbons (Fsp3) is 0.345. The van der Waals surface area contributed by atoms with Crippen molar-refractivity contribution < 1.29 is 19.1 Å². The number of carbonyl (C=O) groups excluding carboxylic acids is 1. The molecule has 3 aliphatic heterocycles. The normalized spacial score (nSPS) is 21.8. The van der Waals surface area contributed by atoms with E-state index in [1.165, 1.54) is 11.9 Å². The van der Waals surface area contributed by atoms with Gasteiger partial charge in [-0.05, 0) is 30.9 Å². The van der Waals surface area contributed by atoms with Gasteiger partial charge in [-0.3, -0.25) is 9.63 Å². The number of fused-ring (bicyclic) bond motifs is 2. The van der Waals surface area contributed by atoms with Gasteiger partial charge in [0, 0.05) is 35.5 Å². The molecule has 6 rings (SSSR count). The number of morpholine rings is 1. The van der Waals surface area contributed by atoms with Gasteiger partial charge in [-0.25, -0.2) is 15.0 Å². The van der Waals surface area contributed by atoms with E-state index in [2.05, 4.69) is 38.9 Å². The number of anilines is 4. The highest BCUT2D eigenvalue weighted by molar-refractivity contribution is 6.19. The number of nitrogens with zero attached hydrogens (tertiary/aromatic N) is 4. The summed E-state index contributed by atoms with van der Waals surface area (Å²) in [5.41, 5.74) is 9.29. The lowest BCUT2D eigenvalue weighted by Gasteiger charge is -2.31. The molecule has 1 amide bonds. The summed E-state index contributed by atoms with van der Waals surface area (Å²) in [6.07, 6.45) is 4.40. The summed E-state index contributed by atoms with van der Waals surface area (Å²) >= 11 is 0. The van der Waals surface area contributed by atoms with Crippen molar-refractivity contribution >= 4 is 34.5 Å². The zero-order chi connectivity index (χ0) is 26.9. The summed E-state index contributed by atoms with van der Waals surface area (Å²) in [5, 5.41) is 5.21. The van der Waals surface area contributed by atoms with Crippen molar-refractivity contribution in [2.75, 3.05) is 42.1 Å². The van der Waals surface area contributed by atoms with Gasteiger partial charge in [0.1, 0.15) is 17.9 Å². The van der Waals surface area contributed by atoms with Crippen LogP contribution in [-0.2, 0) is 20.8 Å². The first-order valence-corrected chi connectivity index (χ1v) is 13.1. The van der Waals surface area contributed by atoms with Crippen LogP contribution in [-0.4, -0.2) is 60.9 Å². The maximum absolute atomic E-state index is 12.2. The quantitative estimate of drug-likeness (QED) is 0.403. The molecule has 1 aromatic heterocycles. The van der Waals surface area contributed by atoms with E-state index in [-0.39, 0.29) is 23.8 Å². The Morgan fingerprint density at radius 2 is 2.08 bits per heavy atom. The molecule has 2 bridgehead atoms. The van der Waals surface area contributed by atoms with E-state index in [0.717, 1.165) is 31.5 Å². The van der Waals surface area contributed by atoms with Crippen LogP contribution in [0.15, 0.2) is 61.4 Å². The van der Waals surface area contributed by atoms with Crippen LogP contribution >= 0.6 is 0 Å². The Bertz CT molecular complexity index is 1380. The van der Waals surface area contributed by atoms with Crippen LogP contribution < -0.4 is 25.8 Å². The number of hydrogen-bond acceptors (Lipinski definition) is 9. The minimum Gasteiger partial charge on any atom is -0.494 e.